The highest BCUT2D eigenvalue weighted by atomic mass is 32.1. The van der Waals surface area contributed by atoms with E-state index in [1.54, 1.807) is 4.57 Å². The third-order valence-corrected chi connectivity index (χ3v) is 7.16. The van der Waals surface area contributed by atoms with Crippen molar-refractivity contribution in [1.82, 2.24) is 19.8 Å². The Morgan fingerprint density at radius 2 is 2.10 bits per heavy atom. The number of aromatic nitrogens is 2. The second-order valence-electron chi connectivity index (χ2n) is 8.00. The zero-order valence-corrected chi connectivity index (χ0v) is 17.3. The van der Waals surface area contributed by atoms with Gasteiger partial charge in [0.25, 0.3) is 11.5 Å². The molecule has 1 fully saturated rings. The second-order valence-corrected chi connectivity index (χ2v) is 9.00. The SMILES string of the molecule is Cc1c(C(=O)N[C@@H]2CCN(Cc3ccccc3)C2)sc2nc3n(c(=O)c12)CCC3. The predicted octanol–water partition coefficient (Wildman–Crippen LogP) is 2.72. The van der Waals surface area contributed by atoms with Crippen molar-refractivity contribution in [1.29, 1.82) is 0 Å². The maximum absolute atomic E-state index is 13.0. The Balaban J connectivity index is 1.31. The molecule has 2 aliphatic rings. The third-order valence-electron chi connectivity index (χ3n) is 5.97. The second kappa shape index (κ2) is 7.39. The quantitative estimate of drug-likeness (QED) is 0.721. The summed E-state index contributed by atoms with van der Waals surface area (Å²) in [4.78, 5) is 34.1. The molecule has 2 aliphatic heterocycles. The summed E-state index contributed by atoms with van der Waals surface area (Å²) < 4.78 is 1.77. The molecule has 2 aromatic heterocycles. The molecular weight excluding hydrogens is 384 g/mol. The summed E-state index contributed by atoms with van der Waals surface area (Å²) in [7, 11) is 0. The molecular formula is C22H24N4O2S. The van der Waals surface area contributed by atoms with Gasteiger partial charge in [-0.15, -0.1) is 11.3 Å². The minimum absolute atomic E-state index is 0.00482. The number of likely N-dealkylation sites (tertiary alicyclic amines) is 1. The summed E-state index contributed by atoms with van der Waals surface area (Å²) in [6.07, 6.45) is 2.74. The molecule has 0 aliphatic carbocycles. The van der Waals surface area contributed by atoms with Crippen LogP contribution in [0.2, 0.25) is 0 Å². The first-order valence-corrected chi connectivity index (χ1v) is 11.0. The van der Waals surface area contributed by atoms with E-state index in [4.69, 9.17) is 0 Å². The van der Waals surface area contributed by atoms with Crippen molar-refractivity contribution in [2.24, 2.45) is 0 Å². The smallest absolute Gasteiger partial charge is 0.262 e. The summed E-state index contributed by atoms with van der Waals surface area (Å²) >= 11 is 1.35. The van der Waals surface area contributed by atoms with Crippen LogP contribution in [-0.2, 0) is 19.5 Å². The van der Waals surface area contributed by atoms with Crippen LogP contribution in [0.1, 0.15) is 39.5 Å². The maximum Gasteiger partial charge on any atom is 0.262 e. The van der Waals surface area contributed by atoms with E-state index >= 15 is 0 Å². The molecule has 0 radical (unpaired) electrons. The maximum atomic E-state index is 13.0. The van der Waals surface area contributed by atoms with Crippen molar-refractivity contribution in [3.05, 3.63) is 62.5 Å². The lowest BCUT2D eigenvalue weighted by molar-refractivity contribution is 0.0941. The fraction of sp³-hybridized carbons (Fsp3) is 0.409. The number of hydrogen-bond acceptors (Lipinski definition) is 5. The summed E-state index contributed by atoms with van der Waals surface area (Å²) in [5, 5.41) is 3.80. The molecule has 5 rings (SSSR count). The van der Waals surface area contributed by atoms with Crippen molar-refractivity contribution in [3.8, 4) is 0 Å². The molecule has 6 nitrogen and oxygen atoms in total. The molecule has 29 heavy (non-hydrogen) atoms. The van der Waals surface area contributed by atoms with E-state index < -0.39 is 0 Å². The van der Waals surface area contributed by atoms with Crippen LogP contribution in [0.5, 0.6) is 0 Å². The number of hydrogen-bond donors (Lipinski definition) is 1. The van der Waals surface area contributed by atoms with E-state index in [1.807, 2.05) is 13.0 Å². The number of thiophene rings is 1. The lowest BCUT2D eigenvalue weighted by Crippen LogP contribution is -2.36. The predicted molar refractivity (Wildman–Crippen MR) is 115 cm³/mol. The molecule has 0 saturated carbocycles. The van der Waals surface area contributed by atoms with E-state index in [0.29, 0.717) is 15.1 Å². The lowest BCUT2D eigenvalue weighted by Gasteiger charge is -2.16. The Hall–Kier alpha value is -2.51. The number of nitrogens with zero attached hydrogens (tertiary/aromatic N) is 3. The van der Waals surface area contributed by atoms with Crippen molar-refractivity contribution in [3.63, 3.8) is 0 Å². The molecule has 3 aromatic rings. The van der Waals surface area contributed by atoms with Gasteiger partial charge in [-0.1, -0.05) is 30.3 Å². The lowest BCUT2D eigenvalue weighted by atomic mass is 10.2. The Morgan fingerprint density at radius 3 is 2.93 bits per heavy atom. The van der Waals surface area contributed by atoms with Gasteiger partial charge in [-0.25, -0.2) is 4.98 Å². The highest BCUT2D eigenvalue weighted by Crippen LogP contribution is 2.29. The third kappa shape index (κ3) is 3.38. The minimum Gasteiger partial charge on any atom is -0.347 e. The van der Waals surface area contributed by atoms with Gasteiger partial charge in [-0.3, -0.25) is 19.1 Å². The molecule has 0 spiro atoms. The fourth-order valence-electron chi connectivity index (χ4n) is 4.48. The molecule has 1 atom stereocenters. The zero-order chi connectivity index (χ0) is 20.0. The molecule has 0 unspecified atom stereocenters. The average molecular weight is 409 g/mol. The topological polar surface area (TPSA) is 67.2 Å². The van der Waals surface area contributed by atoms with Gasteiger partial charge in [0.1, 0.15) is 10.7 Å². The highest BCUT2D eigenvalue weighted by molar-refractivity contribution is 7.20. The molecule has 4 heterocycles. The van der Waals surface area contributed by atoms with Crippen LogP contribution in [0.4, 0.5) is 0 Å². The Labute approximate surface area is 173 Å². The Morgan fingerprint density at radius 1 is 1.28 bits per heavy atom. The van der Waals surface area contributed by atoms with Crippen LogP contribution < -0.4 is 10.9 Å². The first-order valence-electron chi connectivity index (χ1n) is 10.2. The van der Waals surface area contributed by atoms with Gasteiger partial charge < -0.3 is 5.32 Å². The van der Waals surface area contributed by atoms with Gasteiger partial charge in [-0.2, -0.15) is 0 Å². The van der Waals surface area contributed by atoms with Crippen molar-refractivity contribution in [2.45, 2.75) is 45.3 Å². The number of benzene rings is 1. The van der Waals surface area contributed by atoms with E-state index in [-0.39, 0.29) is 17.5 Å². The summed E-state index contributed by atoms with van der Waals surface area (Å²) in [5.74, 6) is 0.768. The standard InChI is InChI=1S/C22H24N4O2S/c1-14-18-21(24-17-8-5-10-26(17)22(18)28)29-19(14)20(27)23-16-9-11-25(13-16)12-15-6-3-2-4-7-15/h2-4,6-7,16H,5,8-13H2,1H3,(H,23,27)/t16-/m1/s1. The zero-order valence-electron chi connectivity index (χ0n) is 16.5. The van der Waals surface area contributed by atoms with Crippen LogP contribution in [0.15, 0.2) is 35.1 Å². The number of nitrogens with one attached hydrogen (secondary N) is 1. The first kappa shape index (κ1) is 18.5. The first-order chi connectivity index (χ1) is 14.1. The summed E-state index contributed by atoms with van der Waals surface area (Å²) in [6.45, 7) is 5.32. The van der Waals surface area contributed by atoms with E-state index in [9.17, 15) is 9.59 Å². The number of fused-ring (bicyclic) bond motifs is 2. The van der Waals surface area contributed by atoms with Crippen LogP contribution in [0, 0.1) is 6.92 Å². The molecule has 1 N–H and O–H groups in total. The van der Waals surface area contributed by atoms with Crippen LogP contribution in [0.25, 0.3) is 10.2 Å². The number of carbonyl (C=O) groups excluding carboxylic acids is 1. The van der Waals surface area contributed by atoms with E-state index in [2.05, 4.69) is 39.5 Å². The number of aryl methyl sites for hydroxylation is 2. The van der Waals surface area contributed by atoms with Crippen molar-refractivity contribution in [2.75, 3.05) is 13.1 Å². The van der Waals surface area contributed by atoms with Crippen LogP contribution >= 0.6 is 11.3 Å². The highest BCUT2D eigenvalue weighted by Gasteiger charge is 2.27. The fourth-order valence-corrected chi connectivity index (χ4v) is 5.57. The summed E-state index contributed by atoms with van der Waals surface area (Å²) in [5.41, 5.74) is 2.06. The van der Waals surface area contributed by atoms with E-state index in [1.165, 1.54) is 16.9 Å². The van der Waals surface area contributed by atoms with Gasteiger partial charge >= 0.3 is 0 Å². The van der Waals surface area contributed by atoms with Gasteiger partial charge in [0.05, 0.1) is 10.3 Å². The van der Waals surface area contributed by atoms with E-state index in [0.717, 1.165) is 56.8 Å². The van der Waals surface area contributed by atoms with Crippen molar-refractivity contribution >= 4 is 27.5 Å². The molecule has 7 heteroatoms. The van der Waals surface area contributed by atoms with Crippen molar-refractivity contribution < 1.29 is 4.79 Å². The van der Waals surface area contributed by atoms with Crippen LogP contribution in [-0.4, -0.2) is 39.5 Å². The normalized spacial score (nSPS) is 19.0. The Kier molecular flexibility index (Phi) is 4.72. The number of amides is 1. The minimum atomic E-state index is -0.0818. The van der Waals surface area contributed by atoms with Crippen LogP contribution in [0.3, 0.4) is 0 Å². The average Bonchev–Trinajstić information content (AvgIpc) is 3.43. The molecule has 1 amide bonds. The Bertz CT molecular complexity index is 1140. The molecule has 0 bridgehead atoms. The molecule has 150 valence electrons. The summed E-state index contributed by atoms with van der Waals surface area (Å²) in [6, 6.07) is 10.5. The number of rotatable bonds is 4. The number of carbonyl (C=O) groups is 1. The molecule has 1 saturated heterocycles. The van der Waals surface area contributed by atoms with Gasteiger partial charge in [0, 0.05) is 38.6 Å². The van der Waals surface area contributed by atoms with Gasteiger partial charge in [0.15, 0.2) is 0 Å². The molecule has 1 aromatic carbocycles. The van der Waals surface area contributed by atoms with Gasteiger partial charge in [0.2, 0.25) is 0 Å². The largest absolute Gasteiger partial charge is 0.347 e. The monoisotopic (exact) mass is 408 g/mol. The van der Waals surface area contributed by atoms with Gasteiger partial charge in [-0.05, 0) is 30.9 Å².